The van der Waals surface area contributed by atoms with Gasteiger partial charge in [0.1, 0.15) is 5.82 Å². The van der Waals surface area contributed by atoms with Crippen molar-refractivity contribution in [3.8, 4) is 11.1 Å². The van der Waals surface area contributed by atoms with Gasteiger partial charge >= 0.3 is 0 Å². The lowest BCUT2D eigenvalue weighted by molar-refractivity contribution is 0.112. The number of rotatable bonds is 3. The highest BCUT2D eigenvalue weighted by molar-refractivity contribution is 5.95. The smallest absolute Gasteiger partial charge is 0.222 e. The van der Waals surface area contributed by atoms with Crippen LogP contribution in [0.4, 0.5) is 11.8 Å². The third-order valence-corrected chi connectivity index (χ3v) is 3.35. The van der Waals surface area contributed by atoms with E-state index in [1.807, 2.05) is 36.4 Å². The van der Waals surface area contributed by atoms with Crippen molar-refractivity contribution in [2.75, 3.05) is 18.1 Å². The molecule has 21 heavy (non-hydrogen) atoms. The van der Waals surface area contributed by atoms with E-state index < -0.39 is 0 Å². The molecule has 5 heteroatoms. The van der Waals surface area contributed by atoms with Crippen molar-refractivity contribution in [2.24, 2.45) is 0 Å². The van der Waals surface area contributed by atoms with Crippen LogP contribution >= 0.6 is 0 Å². The number of nitrogens with two attached hydrogens (primary N) is 1. The summed E-state index contributed by atoms with van der Waals surface area (Å²) >= 11 is 0. The molecule has 0 aliphatic carbocycles. The number of benzene rings is 2. The Morgan fingerprint density at radius 1 is 1.14 bits per heavy atom. The summed E-state index contributed by atoms with van der Waals surface area (Å²) < 4.78 is 0. The van der Waals surface area contributed by atoms with Crippen LogP contribution in [-0.4, -0.2) is 23.3 Å². The predicted octanol–water partition coefficient (Wildman–Crippen LogP) is 2.73. The maximum Gasteiger partial charge on any atom is 0.222 e. The van der Waals surface area contributed by atoms with E-state index in [1.165, 1.54) is 0 Å². The molecule has 0 fully saturated rings. The Balaban J connectivity index is 2.24. The largest absolute Gasteiger partial charge is 0.372 e. The van der Waals surface area contributed by atoms with E-state index in [2.05, 4.69) is 15.3 Å². The summed E-state index contributed by atoms with van der Waals surface area (Å²) in [6, 6.07) is 13.2. The summed E-state index contributed by atoms with van der Waals surface area (Å²) in [4.78, 5) is 19.6. The molecule has 3 N–H and O–H groups in total. The van der Waals surface area contributed by atoms with Crippen LogP contribution < -0.4 is 11.1 Å². The molecule has 0 radical (unpaired) electrons. The summed E-state index contributed by atoms with van der Waals surface area (Å²) in [5, 5.41) is 3.89. The maximum atomic E-state index is 11.2. The van der Waals surface area contributed by atoms with Gasteiger partial charge in [-0.2, -0.15) is 4.98 Å². The SMILES string of the molecule is CNc1nc(N)nc2cc(-c3ccccc3C=O)ccc12. The molecule has 2 aromatic carbocycles. The lowest BCUT2D eigenvalue weighted by Crippen LogP contribution is -2.01. The van der Waals surface area contributed by atoms with Gasteiger partial charge in [-0.15, -0.1) is 0 Å². The van der Waals surface area contributed by atoms with Crippen molar-refractivity contribution in [1.82, 2.24) is 9.97 Å². The number of nitrogen functional groups attached to an aromatic ring is 1. The van der Waals surface area contributed by atoms with E-state index in [-0.39, 0.29) is 5.95 Å². The standard InChI is InChI=1S/C16H14N4O/c1-18-15-13-7-6-10(8-14(13)19-16(17)20-15)12-5-3-2-4-11(12)9-21/h2-9H,1H3,(H3,17,18,19,20). The highest BCUT2D eigenvalue weighted by Crippen LogP contribution is 2.28. The number of hydrogen-bond acceptors (Lipinski definition) is 5. The highest BCUT2D eigenvalue weighted by atomic mass is 16.1. The van der Waals surface area contributed by atoms with E-state index in [1.54, 1.807) is 13.1 Å². The van der Waals surface area contributed by atoms with Gasteiger partial charge in [-0.25, -0.2) is 4.98 Å². The first-order valence-corrected chi connectivity index (χ1v) is 6.52. The minimum atomic E-state index is 0.215. The first-order valence-electron chi connectivity index (χ1n) is 6.52. The van der Waals surface area contributed by atoms with Crippen molar-refractivity contribution in [2.45, 2.75) is 0 Å². The molecular weight excluding hydrogens is 264 g/mol. The number of nitrogens with one attached hydrogen (secondary N) is 1. The minimum Gasteiger partial charge on any atom is -0.372 e. The molecule has 0 aliphatic heterocycles. The fraction of sp³-hybridized carbons (Fsp3) is 0.0625. The minimum absolute atomic E-state index is 0.215. The van der Waals surface area contributed by atoms with Crippen molar-refractivity contribution in [3.05, 3.63) is 48.0 Å². The number of fused-ring (bicyclic) bond motifs is 1. The lowest BCUT2D eigenvalue weighted by atomic mass is 9.99. The quantitative estimate of drug-likeness (QED) is 0.720. The predicted molar refractivity (Wildman–Crippen MR) is 84.3 cm³/mol. The van der Waals surface area contributed by atoms with Crippen LogP contribution in [-0.2, 0) is 0 Å². The summed E-state index contributed by atoms with van der Waals surface area (Å²) in [6.45, 7) is 0. The van der Waals surface area contributed by atoms with Crippen molar-refractivity contribution >= 4 is 29.0 Å². The van der Waals surface area contributed by atoms with Crippen LogP contribution in [0.3, 0.4) is 0 Å². The van der Waals surface area contributed by atoms with E-state index in [9.17, 15) is 4.79 Å². The third kappa shape index (κ3) is 2.29. The number of nitrogens with zero attached hydrogens (tertiary/aromatic N) is 2. The number of carbonyl (C=O) groups is 1. The van der Waals surface area contributed by atoms with Gasteiger partial charge in [0.05, 0.1) is 5.52 Å². The topological polar surface area (TPSA) is 80.9 Å². The zero-order valence-corrected chi connectivity index (χ0v) is 11.5. The molecule has 0 unspecified atom stereocenters. The van der Waals surface area contributed by atoms with Crippen LogP contribution in [0.15, 0.2) is 42.5 Å². The molecule has 0 amide bonds. The molecule has 0 aliphatic rings. The van der Waals surface area contributed by atoms with Crippen molar-refractivity contribution < 1.29 is 4.79 Å². The fourth-order valence-corrected chi connectivity index (χ4v) is 2.37. The summed E-state index contributed by atoms with van der Waals surface area (Å²) in [7, 11) is 1.79. The average Bonchev–Trinajstić information content (AvgIpc) is 2.53. The second-order valence-electron chi connectivity index (χ2n) is 4.62. The number of anilines is 2. The molecule has 0 spiro atoms. The maximum absolute atomic E-state index is 11.2. The van der Waals surface area contributed by atoms with E-state index >= 15 is 0 Å². The van der Waals surface area contributed by atoms with Crippen LogP contribution in [0.2, 0.25) is 0 Å². The molecule has 1 aromatic heterocycles. The molecule has 1 heterocycles. The van der Waals surface area contributed by atoms with Crippen LogP contribution in [0.25, 0.3) is 22.0 Å². The number of aldehydes is 1. The number of aromatic nitrogens is 2. The van der Waals surface area contributed by atoms with E-state index in [0.29, 0.717) is 11.4 Å². The zero-order valence-electron chi connectivity index (χ0n) is 11.5. The second-order valence-corrected chi connectivity index (χ2v) is 4.62. The van der Waals surface area contributed by atoms with Crippen molar-refractivity contribution in [3.63, 3.8) is 0 Å². The van der Waals surface area contributed by atoms with Gasteiger partial charge < -0.3 is 11.1 Å². The van der Waals surface area contributed by atoms with Gasteiger partial charge in [-0.1, -0.05) is 30.3 Å². The van der Waals surface area contributed by atoms with E-state index in [0.717, 1.165) is 28.3 Å². The van der Waals surface area contributed by atoms with E-state index in [4.69, 9.17) is 5.73 Å². The Bertz CT molecular complexity index is 830. The summed E-state index contributed by atoms with van der Waals surface area (Å²) in [5.41, 5.74) is 8.91. The first kappa shape index (κ1) is 13.1. The van der Waals surface area contributed by atoms with Crippen LogP contribution in [0.1, 0.15) is 10.4 Å². The summed E-state index contributed by atoms with van der Waals surface area (Å²) in [6.07, 6.45) is 0.854. The Kier molecular flexibility index (Phi) is 3.23. The Hall–Kier alpha value is -2.95. The molecule has 104 valence electrons. The Morgan fingerprint density at radius 2 is 1.95 bits per heavy atom. The van der Waals surface area contributed by atoms with Crippen LogP contribution in [0, 0.1) is 0 Å². The molecule has 0 saturated heterocycles. The second kappa shape index (κ2) is 5.20. The lowest BCUT2D eigenvalue weighted by Gasteiger charge is -2.09. The molecule has 0 atom stereocenters. The van der Waals surface area contributed by atoms with Gasteiger partial charge in [0.2, 0.25) is 5.95 Å². The summed E-state index contributed by atoms with van der Waals surface area (Å²) in [5.74, 6) is 0.903. The Morgan fingerprint density at radius 3 is 2.71 bits per heavy atom. The average molecular weight is 278 g/mol. The van der Waals surface area contributed by atoms with Gasteiger partial charge in [0.25, 0.3) is 0 Å². The highest BCUT2D eigenvalue weighted by Gasteiger charge is 2.08. The van der Waals surface area contributed by atoms with Crippen molar-refractivity contribution in [1.29, 1.82) is 0 Å². The van der Waals surface area contributed by atoms with Gasteiger partial charge in [0.15, 0.2) is 6.29 Å². The van der Waals surface area contributed by atoms with Gasteiger partial charge in [0, 0.05) is 18.0 Å². The number of carbonyl (C=O) groups excluding carboxylic acids is 1. The first-order chi connectivity index (χ1) is 10.2. The monoisotopic (exact) mass is 278 g/mol. The molecule has 3 aromatic rings. The fourth-order valence-electron chi connectivity index (χ4n) is 2.37. The molecule has 0 saturated carbocycles. The Labute approximate surface area is 121 Å². The molecule has 3 rings (SSSR count). The third-order valence-electron chi connectivity index (χ3n) is 3.35. The van der Waals surface area contributed by atoms with Gasteiger partial charge in [-0.05, 0) is 23.3 Å². The zero-order chi connectivity index (χ0) is 14.8. The van der Waals surface area contributed by atoms with Gasteiger partial charge in [-0.3, -0.25) is 4.79 Å². The molecule has 5 nitrogen and oxygen atoms in total. The van der Waals surface area contributed by atoms with Crippen LogP contribution in [0.5, 0.6) is 0 Å². The molecular formula is C16H14N4O. The number of hydrogen-bond donors (Lipinski definition) is 2. The molecule has 0 bridgehead atoms. The normalized spacial score (nSPS) is 10.5.